The van der Waals surface area contributed by atoms with Crippen LogP contribution in [0.2, 0.25) is 0 Å². The maximum Gasteiger partial charge on any atom is 0.311 e. The van der Waals surface area contributed by atoms with Crippen molar-refractivity contribution in [1.82, 2.24) is 0 Å². The maximum atomic E-state index is 13.1. The number of hydrogen-bond donors (Lipinski definition) is 2. The molecule has 0 aliphatic carbocycles. The summed E-state index contributed by atoms with van der Waals surface area (Å²) in [6.45, 7) is 1.94. The Kier molecular flexibility index (Phi) is 8.37. The summed E-state index contributed by atoms with van der Waals surface area (Å²) in [5.74, 6) is 0.622. The summed E-state index contributed by atoms with van der Waals surface area (Å²) >= 11 is 1.34. The van der Waals surface area contributed by atoms with Crippen molar-refractivity contribution in [2.45, 2.75) is 25.0 Å². The highest BCUT2D eigenvalue weighted by atomic mass is 32.2. The number of carbonyl (C=O) groups excluding carboxylic acids is 2. The lowest BCUT2D eigenvalue weighted by Gasteiger charge is -2.16. The molecule has 1 aliphatic rings. The summed E-state index contributed by atoms with van der Waals surface area (Å²) in [5, 5.41) is 6.39. The molecule has 2 aromatic carbocycles. The number of esters is 1. The molecular formula is C24H27N3O5S. The van der Waals surface area contributed by atoms with Gasteiger partial charge in [-0.15, -0.1) is 0 Å². The van der Waals surface area contributed by atoms with Crippen molar-refractivity contribution in [2.24, 2.45) is 4.99 Å². The van der Waals surface area contributed by atoms with Crippen molar-refractivity contribution in [1.29, 1.82) is 0 Å². The SMILES string of the molecule is CC[C@H](SC1=Nc2ccccc2NC(CC(=O)OC)=C1)C(=O)Nc1cc(OC)cc(OC)c1. The van der Waals surface area contributed by atoms with Crippen LogP contribution >= 0.6 is 11.8 Å². The van der Waals surface area contributed by atoms with Crippen LogP contribution in [0.4, 0.5) is 17.1 Å². The normalized spacial score (nSPS) is 13.3. The highest BCUT2D eigenvalue weighted by molar-refractivity contribution is 8.15. The molecule has 1 aliphatic heterocycles. The zero-order valence-corrected chi connectivity index (χ0v) is 19.8. The fourth-order valence-corrected chi connectivity index (χ4v) is 4.13. The van der Waals surface area contributed by atoms with Gasteiger partial charge in [0.1, 0.15) is 11.5 Å². The Bertz CT molecular complexity index is 1060. The largest absolute Gasteiger partial charge is 0.497 e. The standard InChI is InChI=1S/C24H27N3O5S/c1-5-21(24(29)26-15-10-17(30-2)14-18(11-15)31-3)33-22-12-16(13-23(28)32-4)25-19-8-6-7-9-20(19)27-22/h6-12,14,21,25H,5,13H2,1-4H3,(H,26,29)/t21-/m0/s1. The van der Waals surface area contributed by atoms with E-state index < -0.39 is 5.25 Å². The molecule has 2 aromatic rings. The average Bonchev–Trinajstić information content (AvgIpc) is 3.00. The van der Waals surface area contributed by atoms with E-state index in [0.29, 0.717) is 34.3 Å². The molecule has 1 amide bonds. The van der Waals surface area contributed by atoms with Gasteiger partial charge in [-0.05, 0) is 24.6 Å². The molecule has 0 unspecified atom stereocenters. The zero-order valence-electron chi connectivity index (χ0n) is 19.0. The third-order valence-corrected chi connectivity index (χ3v) is 6.12. The van der Waals surface area contributed by atoms with Gasteiger partial charge in [-0.25, -0.2) is 4.99 Å². The number of fused-ring (bicyclic) bond motifs is 1. The van der Waals surface area contributed by atoms with Gasteiger partial charge in [0.15, 0.2) is 0 Å². The van der Waals surface area contributed by atoms with E-state index in [1.165, 1.54) is 18.9 Å². The first-order chi connectivity index (χ1) is 15.9. The van der Waals surface area contributed by atoms with Gasteiger partial charge in [0.05, 0.1) is 49.4 Å². The fraction of sp³-hybridized carbons (Fsp3) is 0.292. The Morgan fingerprint density at radius 3 is 2.42 bits per heavy atom. The topological polar surface area (TPSA) is 98.2 Å². The number of thioether (sulfide) groups is 1. The number of nitrogens with zero attached hydrogens (tertiary/aromatic N) is 1. The Morgan fingerprint density at radius 2 is 1.79 bits per heavy atom. The van der Waals surface area contributed by atoms with Gasteiger partial charge < -0.3 is 24.8 Å². The first-order valence-corrected chi connectivity index (χ1v) is 11.3. The lowest BCUT2D eigenvalue weighted by Crippen LogP contribution is -2.25. The first-order valence-electron chi connectivity index (χ1n) is 10.4. The molecule has 0 radical (unpaired) electrons. The summed E-state index contributed by atoms with van der Waals surface area (Å²) in [6.07, 6.45) is 2.43. The van der Waals surface area contributed by atoms with E-state index in [2.05, 4.69) is 10.6 Å². The highest BCUT2D eigenvalue weighted by Crippen LogP contribution is 2.33. The number of para-hydroxylation sites is 2. The van der Waals surface area contributed by atoms with Crippen LogP contribution < -0.4 is 20.1 Å². The van der Waals surface area contributed by atoms with Crippen molar-refractivity contribution in [3.8, 4) is 11.5 Å². The number of anilines is 2. The molecule has 0 saturated carbocycles. The smallest absolute Gasteiger partial charge is 0.311 e. The van der Waals surface area contributed by atoms with Crippen LogP contribution in [0.15, 0.2) is 59.2 Å². The molecule has 0 saturated heterocycles. The lowest BCUT2D eigenvalue weighted by molar-refractivity contribution is -0.139. The van der Waals surface area contributed by atoms with Crippen LogP contribution in [-0.4, -0.2) is 43.5 Å². The zero-order chi connectivity index (χ0) is 23.8. The van der Waals surface area contributed by atoms with Gasteiger partial charge in [0.2, 0.25) is 5.91 Å². The van der Waals surface area contributed by atoms with Gasteiger partial charge in [-0.3, -0.25) is 9.59 Å². The molecule has 0 bridgehead atoms. The summed E-state index contributed by atoms with van der Waals surface area (Å²) in [4.78, 5) is 29.7. The van der Waals surface area contributed by atoms with E-state index in [4.69, 9.17) is 19.2 Å². The average molecular weight is 470 g/mol. The second-order valence-corrected chi connectivity index (χ2v) is 8.34. The summed E-state index contributed by atoms with van der Waals surface area (Å²) < 4.78 is 15.4. The quantitative estimate of drug-likeness (QED) is 0.538. The summed E-state index contributed by atoms with van der Waals surface area (Å²) in [6, 6.07) is 12.7. The number of nitrogens with one attached hydrogen (secondary N) is 2. The first kappa shape index (κ1) is 24.2. The highest BCUT2D eigenvalue weighted by Gasteiger charge is 2.22. The minimum absolute atomic E-state index is 0.0665. The number of amides is 1. The fourth-order valence-electron chi connectivity index (χ4n) is 3.14. The van der Waals surface area contributed by atoms with Crippen molar-refractivity contribution < 1.29 is 23.8 Å². The van der Waals surface area contributed by atoms with E-state index in [1.807, 2.05) is 31.2 Å². The van der Waals surface area contributed by atoms with Crippen LogP contribution in [0.5, 0.6) is 11.5 Å². The van der Waals surface area contributed by atoms with Crippen molar-refractivity contribution in [3.63, 3.8) is 0 Å². The van der Waals surface area contributed by atoms with E-state index in [0.717, 1.165) is 11.4 Å². The Balaban J connectivity index is 1.83. The Labute approximate surface area is 197 Å². The van der Waals surface area contributed by atoms with Crippen LogP contribution in [0.25, 0.3) is 0 Å². The monoisotopic (exact) mass is 469 g/mol. The van der Waals surface area contributed by atoms with Gasteiger partial charge in [-0.1, -0.05) is 30.8 Å². The number of ether oxygens (including phenoxy) is 3. The molecule has 8 nitrogen and oxygen atoms in total. The second-order valence-electron chi connectivity index (χ2n) is 7.12. The molecule has 1 heterocycles. The van der Waals surface area contributed by atoms with Gasteiger partial charge in [-0.2, -0.15) is 0 Å². The van der Waals surface area contributed by atoms with Crippen LogP contribution in [0.3, 0.4) is 0 Å². The maximum absolute atomic E-state index is 13.1. The molecule has 174 valence electrons. The predicted octanol–water partition coefficient (Wildman–Crippen LogP) is 4.76. The predicted molar refractivity (Wildman–Crippen MR) is 132 cm³/mol. The van der Waals surface area contributed by atoms with Gasteiger partial charge in [0.25, 0.3) is 0 Å². The number of aliphatic imine (C=N–C) groups is 1. The minimum Gasteiger partial charge on any atom is -0.497 e. The number of benzene rings is 2. The third kappa shape index (κ3) is 6.52. The second kappa shape index (κ2) is 11.4. The van der Waals surface area contributed by atoms with E-state index in [9.17, 15) is 9.59 Å². The third-order valence-electron chi connectivity index (χ3n) is 4.84. The van der Waals surface area contributed by atoms with Crippen LogP contribution in [-0.2, 0) is 14.3 Å². The van der Waals surface area contributed by atoms with Gasteiger partial charge >= 0.3 is 5.97 Å². The number of methoxy groups -OCH3 is 3. The molecule has 0 aromatic heterocycles. The Hall–Kier alpha value is -3.46. The van der Waals surface area contributed by atoms with Crippen molar-refractivity contribution in [2.75, 3.05) is 32.0 Å². The van der Waals surface area contributed by atoms with E-state index in [1.54, 1.807) is 38.5 Å². The number of hydrogen-bond acceptors (Lipinski definition) is 8. The molecule has 1 atom stereocenters. The van der Waals surface area contributed by atoms with Gasteiger partial charge in [0, 0.05) is 29.6 Å². The molecule has 2 N–H and O–H groups in total. The number of rotatable bonds is 8. The molecule has 0 spiro atoms. The number of carbonyl (C=O) groups is 2. The lowest BCUT2D eigenvalue weighted by atomic mass is 10.2. The van der Waals surface area contributed by atoms with E-state index >= 15 is 0 Å². The molecule has 9 heteroatoms. The molecule has 3 rings (SSSR count). The van der Waals surface area contributed by atoms with Crippen LogP contribution in [0.1, 0.15) is 19.8 Å². The van der Waals surface area contributed by atoms with Crippen molar-refractivity contribution >= 4 is 45.7 Å². The van der Waals surface area contributed by atoms with Crippen molar-refractivity contribution in [3.05, 3.63) is 54.2 Å². The molecular weight excluding hydrogens is 442 g/mol. The molecule has 33 heavy (non-hydrogen) atoms. The van der Waals surface area contributed by atoms with E-state index in [-0.39, 0.29) is 18.3 Å². The minimum atomic E-state index is -0.415. The van der Waals surface area contributed by atoms with Crippen LogP contribution in [0, 0.1) is 0 Å². The Morgan fingerprint density at radius 1 is 1.09 bits per heavy atom. The summed E-state index contributed by atoms with van der Waals surface area (Å²) in [5.41, 5.74) is 2.73. The summed E-state index contributed by atoms with van der Waals surface area (Å²) in [7, 11) is 4.46. The molecule has 0 fully saturated rings.